The molecule has 0 aliphatic heterocycles. The molecule has 0 aromatic heterocycles. The van der Waals surface area contributed by atoms with E-state index in [1.807, 2.05) is 0 Å². The fraction of sp³-hybridized carbons (Fsp3) is 1.00. The zero-order valence-electron chi connectivity index (χ0n) is 22.8. The van der Waals surface area contributed by atoms with Gasteiger partial charge in [-0.15, -0.1) is 0 Å². The molecule has 1 unspecified atom stereocenters. The predicted molar refractivity (Wildman–Crippen MR) is 143 cm³/mol. The maximum atomic E-state index is 6.27. The Morgan fingerprint density at radius 1 is 0.710 bits per heavy atom. The molecular formula is C26H59N3OSi. The molecule has 0 bridgehead atoms. The van der Waals surface area contributed by atoms with E-state index in [4.69, 9.17) is 4.43 Å². The van der Waals surface area contributed by atoms with Crippen molar-refractivity contribution < 1.29 is 4.43 Å². The van der Waals surface area contributed by atoms with E-state index in [2.05, 4.69) is 70.5 Å². The van der Waals surface area contributed by atoms with Crippen LogP contribution in [0.25, 0.3) is 0 Å². The quantitative estimate of drug-likeness (QED) is 0.163. The minimum absolute atomic E-state index is 0.397. The van der Waals surface area contributed by atoms with Crippen LogP contribution in [0.1, 0.15) is 92.4 Å². The molecule has 0 aliphatic carbocycles. The van der Waals surface area contributed by atoms with E-state index in [9.17, 15) is 0 Å². The van der Waals surface area contributed by atoms with E-state index in [0.29, 0.717) is 11.5 Å². The topological polar surface area (TPSA) is 19.0 Å². The fourth-order valence-corrected chi connectivity index (χ4v) is 6.25. The second-order valence-corrected chi connectivity index (χ2v) is 11.5. The highest BCUT2D eigenvalue weighted by Gasteiger charge is 2.29. The molecule has 1 atom stereocenters. The highest BCUT2D eigenvalue weighted by atomic mass is 28.2. The molecule has 0 aromatic rings. The molecule has 0 N–H and O–H groups in total. The molecule has 0 rings (SSSR count). The molecule has 0 heterocycles. The number of nitrogens with zero attached hydrogens (tertiary/aromatic N) is 3. The summed E-state index contributed by atoms with van der Waals surface area (Å²) in [6, 6.07) is 1.35. The first kappa shape index (κ1) is 31.1. The molecule has 0 radical (unpaired) electrons. The van der Waals surface area contributed by atoms with Crippen molar-refractivity contribution in [2.75, 3.05) is 60.4 Å². The van der Waals surface area contributed by atoms with Crippen LogP contribution in [0.4, 0.5) is 0 Å². The molecular weight excluding hydrogens is 398 g/mol. The van der Waals surface area contributed by atoms with Crippen LogP contribution >= 0.6 is 0 Å². The Bertz CT molecular complexity index is 356. The molecule has 0 spiro atoms. The van der Waals surface area contributed by atoms with E-state index < -0.39 is 9.76 Å². The maximum absolute atomic E-state index is 6.27. The number of hydrogen-bond acceptors (Lipinski definition) is 4. The van der Waals surface area contributed by atoms with Gasteiger partial charge in [-0.25, -0.2) is 0 Å². The molecule has 0 fully saturated rings. The Balaban J connectivity index is 5.03. The molecule has 0 saturated carbocycles. The normalized spacial score (nSPS) is 14.0. The van der Waals surface area contributed by atoms with E-state index in [0.717, 1.165) is 19.6 Å². The van der Waals surface area contributed by atoms with Gasteiger partial charge in [-0.2, -0.15) is 0 Å². The van der Waals surface area contributed by atoms with Crippen molar-refractivity contribution in [3.05, 3.63) is 0 Å². The maximum Gasteiger partial charge on any atom is 0.161 e. The Morgan fingerprint density at radius 2 is 1.13 bits per heavy atom. The van der Waals surface area contributed by atoms with Gasteiger partial charge < -0.3 is 19.1 Å². The van der Waals surface area contributed by atoms with Crippen molar-refractivity contribution in [3.8, 4) is 0 Å². The van der Waals surface area contributed by atoms with Crippen LogP contribution in [-0.2, 0) is 4.43 Å². The third kappa shape index (κ3) is 16.3. The lowest BCUT2D eigenvalue weighted by Crippen LogP contribution is -2.29. The van der Waals surface area contributed by atoms with Gasteiger partial charge in [-0.05, 0) is 130 Å². The van der Waals surface area contributed by atoms with Crippen molar-refractivity contribution >= 4 is 9.76 Å². The average molecular weight is 458 g/mol. The summed E-state index contributed by atoms with van der Waals surface area (Å²) in [4.78, 5) is 7.43. The van der Waals surface area contributed by atoms with Crippen molar-refractivity contribution in [1.82, 2.24) is 14.7 Å². The molecule has 0 aliphatic rings. The largest absolute Gasteiger partial charge is 0.421 e. The smallest absolute Gasteiger partial charge is 0.161 e. The van der Waals surface area contributed by atoms with Crippen LogP contribution in [0.3, 0.4) is 0 Å². The summed E-state index contributed by atoms with van der Waals surface area (Å²) in [6.45, 7) is 18.5. The molecule has 5 heteroatoms. The SMILES string of the molecule is CCCC(C)O[SiH2]CCC(CCCN(C)CC)(CCCN(C)CC)CCCN(C)CC. The second-order valence-electron chi connectivity index (χ2n) is 10.1. The molecule has 0 amide bonds. The standard InChI is InChI=1S/C26H59N3OSi/c1-9-16-25(5)30-31-24-20-26(17-13-21-27(6)10-2,18-14-22-28(7)11-3)19-15-23-29(8)12-4/h25H,9-24,31H2,1-8H3. The summed E-state index contributed by atoms with van der Waals surface area (Å²) in [5.74, 6) is 0. The monoisotopic (exact) mass is 457 g/mol. The summed E-state index contributed by atoms with van der Waals surface area (Å²) >= 11 is 0. The van der Waals surface area contributed by atoms with E-state index in [1.165, 1.54) is 83.5 Å². The zero-order chi connectivity index (χ0) is 23.5. The van der Waals surface area contributed by atoms with Crippen LogP contribution in [0.2, 0.25) is 6.04 Å². The predicted octanol–water partition coefficient (Wildman–Crippen LogP) is 5.27. The third-order valence-electron chi connectivity index (χ3n) is 7.31. The minimum Gasteiger partial charge on any atom is -0.421 e. The van der Waals surface area contributed by atoms with Crippen molar-refractivity contribution in [2.24, 2.45) is 5.41 Å². The first-order chi connectivity index (χ1) is 14.8. The first-order valence-corrected chi connectivity index (χ1v) is 15.1. The number of hydrogen-bond donors (Lipinski definition) is 0. The minimum atomic E-state index is -0.397. The summed E-state index contributed by atoms with van der Waals surface area (Å²) in [7, 11) is 6.41. The fourth-order valence-electron chi connectivity index (χ4n) is 4.62. The van der Waals surface area contributed by atoms with E-state index in [-0.39, 0.29) is 0 Å². The van der Waals surface area contributed by atoms with Crippen LogP contribution < -0.4 is 0 Å². The van der Waals surface area contributed by atoms with E-state index >= 15 is 0 Å². The van der Waals surface area contributed by atoms with Gasteiger partial charge in [0.05, 0.1) is 0 Å². The molecule has 0 saturated heterocycles. The van der Waals surface area contributed by atoms with Gasteiger partial charge in [-0.3, -0.25) is 0 Å². The highest BCUT2D eigenvalue weighted by Crippen LogP contribution is 2.40. The highest BCUT2D eigenvalue weighted by molar-refractivity contribution is 6.27. The Labute approximate surface area is 199 Å². The van der Waals surface area contributed by atoms with Gasteiger partial charge in [0.1, 0.15) is 0 Å². The summed E-state index contributed by atoms with van der Waals surface area (Å²) in [5, 5.41) is 0. The molecule has 0 aromatic carbocycles. The lowest BCUT2D eigenvalue weighted by Gasteiger charge is -2.36. The van der Waals surface area contributed by atoms with Gasteiger partial charge in [-0.1, -0.05) is 34.1 Å². The summed E-state index contributed by atoms with van der Waals surface area (Å²) in [5.41, 5.74) is 0.516. The van der Waals surface area contributed by atoms with Gasteiger partial charge >= 0.3 is 0 Å². The van der Waals surface area contributed by atoms with Gasteiger partial charge in [0.25, 0.3) is 0 Å². The molecule has 4 nitrogen and oxygen atoms in total. The summed E-state index contributed by atoms with van der Waals surface area (Å²) in [6.07, 6.45) is 12.5. The van der Waals surface area contributed by atoms with Crippen LogP contribution in [-0.4, -0.2) is 91.0 Å². The van der Waals surface area contributed by atoms with Gasteiger partial charge in [0, 0.05) is 6.10 Å². The zero-order valence-corrected chi connectivity index (χ0v) is 24.3. The van der Waals surface area contributed by atoms with Crippen LogP contribution in [0, 0.1) is 5.41 Å². The average Bonchev–Trinajstić information content (AvgIpc) is 2.76. The third-order valence-corrected chi connectivity index (χ3v) is 8.76. The lowest BCUT2D eigenvalue weighted by molar-refractivity contribution is 0.161. The number of rotatable bonds is 22. The van der Waals surface area contributed by atoms with Crippen molar-refractivity contribution in [3.63, 3.8) is 0 Å². The van der Waals surface area contributed by atoms with Crippen molar-refractivity contribution in [2.45, 2.75) is 105 Å². The van der Waals surface area contributed by atoms with Crippen molar-refractivity contribution in [1.29, 1.82) is 0 Å². The first-order valence-electron chi connectivity index (χ1n) is 13.5. The lowest BCUT2D eigenvalue weighted by atomic mass is 9.73. The second kappa shape index (κ2) is 19.5. The Morgan fingerprint density at radius 3 is 1.48 bits per heavy atom. The van der Waals surface area contributed by atoms with Gasteiger partial charge in [0.2, 0.25) is 0 Å². The van der Waals surface area contributed by atoms with E-state index in [1.54, 1.807) is 0 Å². The Kier molecular flexibility index (Phi) is 19.6. The Hall–Kier alpha value is 0.0569. The molecule has 31 heavy (non-hydrogen) atoms. The van der Waals surface area contributed by atoms with Gasteiger partial charge in [0.15, 0.2) is 9.76 Å². The molecule has 188 valence electrons. The van der Waals surface area contributed by atoms with Crippen LogP contribution in [0.15, 0.2) is 0 Å². The van der Waals surface area contributed by atoms with Crippen LogP contribution in [0.5, 0.6) is 0 Å². The summed E-state index contributed by atoms with van der Waals surface area (Å²) < 4.78 is 6.27.